The summed E-state index contributed by atoms with van der Waals surface area (Å²) in [5.41, 5.74) is 0.741. The number of aliphatic hydroxyl groups excluding tert-OH is 1. The van der Waals surface area contributed by atoms with Crippen molar-refractivity contribution >= 4 is 46.1 Å². The molecule has 2 heterocycles. The number of carbonyl (C=O) groups excluding carboxylic acids is 2. The van der Waals surface area contributed by atoms with Crippen LogP contribution in [0.2, 0.25) is 5.02 Å². The average Bonchev–Trinajstić information content (AvgIpc) is 3.36. The zero-order valence-electron chi connectivity index (χ0n) is 14.1. The monoisotopic (exact) mass is 420 g/mol. The van der Waals surface area contributed by atoms with E-state index in [0.29, 0.717) is 5.02 Å². The van der Waals surface area contributed by atoms with Gasteiger partial charge in [-0.05, 0) is 35.2 Å². The molecule has 3 aromatic rings. The lowest BCUT2D eigenvalue weighted by atomic mass is 10.2. The van der Waals surface area contributed by atoms with E-state index in [1.807, 2.05) is 35.7 Å². The van der Waals surface area contributed by atoms with E-state index in [-0.39, 0.29) is 13.1 Å². The second-order valence-corrected chi connectivity index (χ2v) is 8.27. The third kappa shape index (κ3) is 5.17. The Morgan fingerprint density at radius 3 is 2.41 bits per heavy atom. The van der Waals surface area contributed by atoms with E-state index in [1.54, 1.807) is 18.2 Å². The Labute approximate surface area is 169 Å². The average molecular weight is 421 g/mol. The third-order valence-corrected chi connectivity index (χ3v) is 6.22. The van der Waals surface area contributed by atoms with Crippen LogP contribution in [0.15, 0.2) is 53.9 Å². The van der Waals surface area contributed by atoms with Crippen molar-refractivity contribution in [1.82, 2.24) is 10.6 Å². The van der Waals surface area contributed by atoms with Gasteiger partial charge in [0.25, 0.3) is 0 Å². The number of hydrogen-bond donors (Lipinski definition) is 3. The molecule has 0 radical (unpaired) electrons. The lowest BCUT2D eigenvalue weighted by Crippen LogP contribution is -2.39. The molecule has 0 aliphatic heterocycles. The number of benzene rings is 1. The number of halogens is 1. The van der Waals surface area contributed by atoms with Crippen LogP contribution in [0.4, 0.5) is 0 Å². The molecule has 0 unspecified atom stereocenters. The van der Waals surface area contributed by atoms with Crippen LogP contribution in [0.1, 0.15) is 26.3 Å². The van der Waals surface area contributed by atoms with Gasteiger partial charge in [-0.15, -0.1) is 22.7 Å². The standard InChI is InChI=1S/C19H17ClN2O3S2/c20-14-5-2-1-4-12(14)10-21-18(24)19(25)22-11-13-7-8-16(27-13)17(23)15-6-3-9-26-15/h1-9,17,23H,10-11H2,(H,21,24)(H,22,25)/t17-/m1/s1. The van der Waals surface area contributed by atoms with Crippen molar-refractivity contribution < 1.29 is 14.7 Å². The first kappa shape index (κ1) is 19.6. The molecule has 0 aliphatic rings. The summed E-state index contributed by atoms with van der Waals surface area (Å²) in [4.78, 5) is 26.4. The molecule has 1 atom stereocenters. The molecule has 0 fully saturated rings. The molecule has 0 saturated heterocycles. The number of hydrogen-bond acceptors (Lipinski definition) is 5. The molecule has 8 heteroatoms. The van der Waals surface area contributed by atoms with E-state index in [1.165, 1.54) is 22.7 Å². The molecule has 27 heavy (non-hydrogen) atoms. The molecule has 2 aromatic heterocycles. The van der Waals surface area contributed by atoms with Crippen LogP contribution in [-0.2, 0) is 22.7 Å². The molecular weight excluding hydrogens is 404 g/mol. The molecule has 3 rings (SSSR count). The van der Waals surface area contributed by atoms with Crippen LogP contribution in [0.25, 0.3) is 0 Å². The minimum absolute atomic E-state index is 0.183. The van der Waals surface area contributed by atoms with Crippen LogP contribution in [0, 0.1) is 0 Å². The molecule has 2 amide bonds. The SMILES string of the molecule is O=C(NCc1ccc([C@H](O)c2cccs2)s1)C(=O)NCc1ccccc1Cl. The summed E-state index contributed by atoms with van der Waals surface area (Å²) >= 11 is 8.91. The number of thiophene rings is 2. The number of aliphatic hydroxyl groups is 1. The van der Waals surface area contributed by atoms with E-state index >= 15 is 0 Å². The molecule has 1 aromatic carbocycles. The van der Waals surface area contributed by atoms with Crippen molar-refractivity contribution in [3.05, 3.63) is 79.1 Å². The molecule has 140 valence electrons. The normalized spacial score (nSPS) is 11.8. The van der Waals surface area contributed by atoms with Crippen molar-refractivity contribution in [2.24, 2.45) is 0 Å². The summed E-state index contributed by atoms with van der Waals surface area (Å²) in [7, 11) is 0. The molecule has 0 bridgehead atoms. The fourth-order valence-corrected chi connectivity index (χ4v) is 4.33. The first-order valence-electron chi connectivity index (χ1n) is 8.14. The largest absolute Gasteiger partial charge is 0.382 e. The van der Waals surface area contributed by atoms with Gasteiger partial charge in [-0.3, -0.25) is 9.59 Å². The number of nitrogens with one attached hydrogen (secondary N) is 2. The van der Waals surface area contributed by atoms with Gasteiger partial charge >= 0.3 is 11.8 Å². The Hall–Kier alpha value is -2.19. The molecule has 5 nitrogen and oxygen atoms in total. The summed E-state index contributed by atoms with van der Waals surface area (Å²) < 4.78 is 0. The van der Waals surface area contributed by atoms with Crippen molar-refractivity contribution in [3.63, 3.8) is 0 Å². The van der Waals surface area contributed by atoms with E-state index < -0.39 is 17.9 Å². The minimum Gasteiger partial charge on any atom is -0.382 e. The van der Waals surface area contributed by atoms with Crippen LogP contribution >= 0.6 is 34.3 Å². The lowest BCUT2D eigenvalue weighted by molar-refractivity contribution is -0.139. The van der Waals surface area contributed by atoms with E-state index in [4.69, 9.17) is 11.6 Å². The van der Waals surface area contributed by atoms with Gasteiger partial charge in [0.05, 0.1) is 6.54 Å². The van der Waals surface area contributed by atoms with Crippen molar-refractivity contribution in [2.75, 3.05) is 0 Å². The number of carbonyl (C=O) groups is 2. The second kappa shape index (κ2) is 9.14. The highest BCUT2D eigenvalue weighted by atomic mass is 35.5. The summed E-state index contributed by atoms with van der Waals surface area (Å²) in [6, 6.07) is 14.5. The highest BCUT2D eigenvalue weighted by Crippen LogP contribution is 2.30. The number of amides is 2. The zero-order valence-corrected chi connectivity index (χ0v) is 16.5. The van der Waals surface area contributed by atoms with E-state index in [2.05, 4.69) is 10.6 Å². The Bertz CT molecular complexity index is 925. The van der Waals surface area contributed by atoms with Gasteiger partial charge in [0.15, 0.2) is 0 Å². The van der Waals surface area contributed by atoms with Crippen LogP contribution < -0.4 is 10.6 Å². The van der Waals surface area contributed by atoms with Crippen LogP contribution in [0.3, 0.4) is 0 Å². The smallest absolute Gasteiger partial charge is 0.309 e. The predicted molar refractivity (Wildman–Crippen MR) is 108 cm³/mol. The summed E-state index contributed by atoms with van der Waals surface area (Å²) in [5.74, 6) is -1.43. The third-order valence-electron chi connectivity index (χ3n) is 3.79. The van der Waals surface area contributed by atoms with Gasteiger partial charge < -0.3 is 15.7 Å². The van der Waals surface area contributed by atoms with Crippen LogP contribution in [0.5, 0.6) is 0 Å². The molecule has 0 spiro atoms. The van der Waals surface area contributed by atoms with Gasteiger partial charge in [0.1, 0.15) is 6.10 Å². The molecule has 0 aliphatic carbocycles. The Kier molecular flexibility index (Phi) is 6.63. The van der Waals surface area contributed by atoms with Gasteiger partial charge in [0.2, 0.25) is 0 Å². The lowest BCUT2D eigenvalue weighted by Gasteiger charge is -2.07. The maximum atomic E-state index is 12.0. The highest BCUT2D eigenvalue weighted by Gasteiger charge is 2.16. The second-order valence-electron chi connectivity index (χ2n) is 5.68. The first-order chi connectivity index (χ1) is 13.0. The predicted octanol–water partition coefficient (Wildman–Crippen LogP) is 3.48. The first-order valence-corrected chi connectivity index (χ1v) is 10.2. The highest BCUT2D eigenvalue weighted by molar-refractivity contribution is 7.12. The van der Waals surface area contributed by atoms with Crippen LogP contribution in [-0.4, -0.2) is 16.9 Å². The van der Waals surface area contributed by atoms with Gasteiger partial charge in [-0.2, -0.15) is 0 Å². The summed E-state index contributed by atoms with van der Waals surface area (Å²) in [6.45, 7) is 0.405. The van der Waals surface area contributed by atoms with E-state index in [0.717, 1.165) is 20.2 Å². The maximum absolute atomic E-state index is 12.0. The van der Waals surface area contributed by atoms with Gasteiger partial charge in [0, 0.05) is 26.2 Å². The Morgan fingerprint density at radius 1 is 0.963 bits per heavy atom. The minimum atomic E-state index is -0.717. The van der Waals surface area contributed by atoms with Crippen molar-refractivity contribution in [1.29, 1.82) is 0 Å². The van der Waals surface area contributed by atoms with E-state index in [9.17, 15) is 14.7 Å². The summed E-state index contributed by atoms with van der Waals surface area (Å²) in [5, 5.41) is 17.9. The maximum Gasteiger partial charge on any atom is 0.309 e. The molecular formula is C19H17ClN2O3S2. The molecule has 0 saturated carbocycles. The topological polar surface area (TPSA) is 78.4 Å². The quantitative estimate of drug-likeness (QED) is 0.534. The summed E-state index contributed by atoms with van der Waals surface area (Å²) in [6.07, 6.45) is -0.668. The molecule has 3 N–H and O–H groups in total. The van der Waals surface area contributed by atoms with Gasteiger partial charge in [-0.25, -0.2) is 0 Å². The van der Waals surface area contributed by atoms with Gasteiger partial charge in [-0.1, -0.05) is 35.9 Å². The zero-order chi connectivity index (χ0) is 19.2. The van der Waals surface area contributed by atoms with Crippen molar-refractivity contribution in [2.45, 2.75) is 19.2 Å². The fraction of sp³-hybridized carbons (Fsp3) is 0.158. The fourth-order valence-electron chi connectivity index (χ4n) is 2.37. The van der Waals surface area contributed by atoms with Crippen molar-refractivity contribution in [3.8, 4) is 0 Å². The Morgan fingerprint density at radius 2 is 1.70 bits per heavy atom. The Balaban J connectivity index is 1.49. The number of rotatable bonds is 6.